The number of rotatable bonds is 49. The van der Waals surface area contributed by atoms with Crippen LogP contribution in [0.4, 0.5) is 0 Å². The van der Waals surface area contributed by atoms with Crippen molar-refractivity contribution in [3.05, 3.63) is 97.2 Å². The molecule has 0 aliphatic carbocycles. The predicted octanol–water partition coefficient (Wildman–Crippen LogP) is 16.5. The van der Waals surface area contributed by atoms with E-state index in [2.05, 4.69) is 111 Å². The normalized spacial score (nSPS) is 13.9. The van der Waals surface area contributed by atoms with Gasteiger partial charge in [0, 0.05) is 19.4 Å². The lowest BCUT2D eigenvalue weighted by molar-refractivity contribution is -0.161. The van der Waals surface area contributed by atoms with Crippen molar-refractivity contribution >= 4 is 19.8 Å². The van der Waals surface area contributed by atoms with Crippen LogP contribution in [0.1, 0.15) is 219 Å². The number of hydrogen-bond donors (Lipinski definition) is 2. The van der Waals surface area contributed by atoms with Crippen molar-refractivity contribution in [3.63, 3.8) is 0 Å². The molecule has 2 unspecified atom stereocenters. The zero-order valence-electron chi connectivity index (χ0n) is 42.6. The maximum Gasteiger partial charge on any atom is 0.472 e. The average molecular weight is 956 g/mol. The van der Waals surface area contributed by atoms with Crippen molar-refractivity contribution in [2.24, 2.45) is 5.73 Å². The fourth-order valence-electron chi connectivity index (χ4n) is 7.02. The van der Waals surface area contributed by atoms with Gasteiger partial charge in [-0.05, 0) is 96.3 Å². The Balaban J connectivity index is 4.07. The van der Waals surface area contributed by atoms with E-state index < -0.39 is 32.5 Å². The molecule has 0 fully saturated rings. The van der Waals surface area contributed by atoms with Gasteiger partial charge in [-0.2, -0.15) is 0 Å². The minimum atomic E-state index is -4.40. The molecule has 384 valence electrons. The molecule has 9 nitrogen and oxygen atoms in total. The van der Waals surface area contributed by atoms with Gasteiger partial charge in [-0.15, -0.1) is 0 Å². The molecular weight excluding hydrogens is 858 g/mol. The van der Waals surface area contributed by atoms with Crippen molar-refractivity contribution in [1.82, 2.24) is 0 Å². The van der Waals surface area contributed by atoms with Gasteiger partial charge in [0.1, 0.15) is 6.61 Å². The number of ether oxygens (including phenoxy) is 2. The van der Waals surface area contributed by atoms with E-state index in [1.165, 1.54) is 103 Å². The van der Waals surface area contributed by atoms with Crippen LogP contribution in [0.3, 0.4) is 0 Å². The minimum Gasteiger partial charge on any atom is -0.462 e. The third-order valence-corrected chi connectivity index (χ3v) is 11.9. The van der Waals surface area contributed by atoms with E-state index >= 15 is 0 Å². The van der Waals surface area contributed by atoms with E-state index in [0.29, 0.717) is 6.42 Å². The van der Waals surface area contributed by atoms with Gasteiger partial charge in [0.25, 0.3) is 0 Å². The SMILES string of the molecule is CC/C=C\C/C=C\C/C=C\C/C=C\C/C=C\CCCCCC(=O)OC(COC(=O)CCCCCCCCCCCCCC/C=C\C/C=C\C/C=C\CCCCCCC)COP(=O)(O)OCCN. The standard InChI is InChI=1S/C57H98NO8P/c1-3-5-7-9-11-13-15-17-19-21-23-24-25-26-27-28-29-30-32-33-35-37-39-41-43-45-47-49-56(59)63-53-55(54-65-67(61,62)64-52-51-58)66-57(60)50-48-46-44-42-40-38-36-34-31-22-20-18-16-14-12-10-8-6-4-2/h6,8,12,14-15,17-18,20-21,23,25-26,31,34,38,40,55H,3-5,7,9-11,13,16,19,22,24,27-30,32-33,35-37,39,41-54,58H2,1-2H3,(H,61,62)/b8-6-,14-12-,17-15-,20-18-,23-21-,26-25-,34-31-,40-38-. The van der Waals surface area contributed by atoms with Crippen LogP contribution in [0.2, 0.25) is 0 Å². The van der Waals surface area contributed by atoms with Gasteiger partial charge in [-0.25, -0.2) is 4.57 Å². The predicted molar refractivity (Wildman–Crippen MR) is 284 cm³/mol. The van der Waals surface area contributed by atoms with Gasteiger partial charge in [0.15, 0.2) is 6.10 Å². The number of nitrogens with two attached hydrogens (primary N) is 1. The van der Waals surface area contributed by atoms with E-state index in [4.69, 9.17) is 24.3 Å². The molecule has 3 N–H and O–H groups in total. The fourth-order valence-corrected chi connectivity index (χ4v) is 7.79. The summed E-state index contributed by atoms with van der Waals surface area (Å²) in [6.07, 6.45) is 68.8. The Kier molecular flexibility index (Phi) is 49.9. The van der Waals surface area contributed by atoms with Crippen molar-refractivity contribution in [2.45, 2.75) is 225 Å². The van der Waals surface area contributed by atoms with Gasteiger partial charge in [0.05, 0.1) is 13.2 Å². The van der Waals surface area contributed by atoms with Crippen molar-refractivity contribution in [2.75, 3.05) is 26.4 Å². The second kappa shape index (κ2) is 52.3. The largest absolute Gasteiger partial charge is 0.472 e. The monoisotopic (exact) mass is 956 g/mol. The van der Waals surface area contributed by atoms with Gasteiger partial charge in [-0.3, -0.25) is 18.6 Å². The number of phosphoric acid groups is 1. The van der Waals surface area contributed by atoms with E-state index in [1.807, 2.05) is 0 Å². The number of carbonyl (C=O) groups is 2. The molecule has 0 saturated carbocycles. The Morgan fingerprint density at radius 3 is 1.24 bits per heavy atom. The van der Waals surface area contributed by atoms with E-state index in [9.17, 15) is 19.0 Å². The fraction of sp³-hybridized carbons (Fsp3) is 0.684. The van der Waals surface area contributed by atoms with Crippen molar-refractivity contribution < 1.29 is 37.6 Å². The molecular formula is C57H98NO8P. The zero-order chi connectivity index (χ0) is 48.8. The third kappa shape index (κ3) is 52.2. The second-order valence-electron chi connectivity index (χ2n) is 17.4. The van der Waals surface area contributed by atoms with Crippen LogP contribution >= 0.6 is 7.82 Å². The molecule has 0 rings (SSSR count). The highest BCUT2D eigenvalue weighted by atomic mass is 31.2. The van der Waals surface area contributed by atoms with Crippen molar-refractivity contribution in [3.8, 4) is 0 Å². The Labute approximate surface area is 410 Å². The van der Waals surface area contributed by atoms with Gasteiger partial charge in [0.2, 0.25) is 0 Å². The summed E-state index contributed by atoms with van der Waals surface area (Å²) in [7, 11) is -4.40. The first-order chi connectivity index (χ1) is 32.8. The van der Waals surface area contributed by atoms with Crippen LogP contribution in [-0.4, -0.2) is 49.3 Å². The number of allylic oxidation sites excluding steroid dienone is 16. The number of hydrogen-bond acceptors (Lipinski definition) is 8. The zero-order valence-corrected chi connectivity index (χ0v) is 43.5. The van der Waals surface area contributed by atoms with Crippen LogP contribution in [0.5, 0.6) is 0 Å². The topological polar surface area (TPSA) is 134 Å². The number of carbonyl (C=O) groups excluding carboxylic acids is 2. The van der Waals surface area contributed by atoms with Crippen LogP contribution in [0, 0.1) is 0 Å². The van der Waals surface area contributed by atoms with Crippen LogP contribution < -0.4 is 5.73 Å². The number of unbranched alkanes of at least 4 members (excludes halogenated alkanes) is 20. The Hall–Kier alpha value is -3.07. The molecule has 0 aliphatic rings. The quantitative estimate of drug-likeness (QED) is 0.0264. The smallest absolute Gasteiger partial charge is 0.462 e. The van der Waals surface area contributed by atoms with Gasteiger partial charge >= 0.3 is 19.8 Å². The van der Waals surface area contributed by atoms with Crippen LogP contribution in [0.25, 0.3) is 0 Å². The summed E-state index contributed by atoms with van der Waals surface area (Å²) in [4.78, 5) is 35.1. The lowest BCUT2D eigenvalue weighted by Gasteiger charge is -2.19. The summed E-state index contributed by atoms with van der Waals surface area (Å²) < 4.78 is 32.9. The molecule has 0 saturated heterocycles. The molecule has 0 amide bonds. The van der Waals surface area contributed by atoms with Gasteiger partial charge in [-0.1, -0.05) is 207 Å². The first-order valence-corrected chi connectivity index (χ1v) is 28.2. The van der Waals surface area contributed by atoms with Crippen molar-refractivity contribution in [1.29, 1.82) is 0 Å². The Bertz CT molecular complexity index is 1410. The summed E-state index contributed by atoms with van der Waals surface area (Å²) >= 11 is 0. The highest BCUT2D eigenvalue weighted by Gasteiger charge is 2.26. The summed E-state index contributed by atoms with van der Waals surface area (Å²) in [6.45, 7) is 3.57. The number of esters is 2. The maximum atomic E-state index is 12.6. The van der Waals surface area contributed by atoms with Crippen LogP contribution in [0.15, 0.2) is 97.2 Å². The molecule has 0 bridgehead atoms. The Morgan fingerprint density at radius 2 is 0.821 bits per heavy atom. The molecule has 67 heavy (non-hydrogen) atoms. The third-order valence-electron chi connectivity index (χ3n) is 11.0. The second-order valence-corrected chi connectivity index (χ2v) is 18.8. The summed E-state index contributed by atoms with van der Waals surface area (Å²) in [5.74, 6) is -0.872. The van der Waals surface area contributed by atoms with Crippen LogP contribution in [-0.2, 0) is 32.7 Å². The lowest BCUT2D eigenvalue weighted by atomic mass is 10.0. The molecule has 0 aromatic carbocycles. The number of phosphoric ester groups is 1. The van der Waals surface area contributed by atoms with E-state index in [1.54, 1.807) is 0 Å². The first kappa shape index (κ1) is 63.9. The molecule has 0 aromatic rings. The van der Waals surface area contributed by atoms with E-state index in [0.717, 1.165) is 83.5 Å². The molecule has 0 radical (unpaired) electrons. The van der Waals surface area contributed by atoms with Gasteiger partial charge < -0.3 is 20.1 Å². The molecule has 0 aromatic heterocycles. The molecule has 0 spiro atoms. The highest BCUT2D eigenvalue weighted by molar-refractivity contribution is 7.47. The molecule has 0 heterocycles. The lowest BCUT2D eigenvalue weighted by Crippen LogP contribution is -2.29. The summed E-state index contributed by atoms with van der Waals surface area (Å²) in [5, 5.41) is 0. The highest BCUT2D eigenvalue weighted by Crippen LogP contribution is 2.43. The Morgan fingerprint density at radius 1 is 0.463 bits per heavy atom. The van der Waals surface area contributed by atoms with E-state index in [-0.39, 0.29) is 32.6 Å². The first-order valence-electron chi connectivity index (χ1n) is 26.7. The minimum absolute atomic E-state index is 0.0425. The summed E-state index contributed by atoms with van der Waals surface area (Å²) in [5.41, 5.74) is 5.37. The molecule has 10 heteroatoms. The summed E-state index contributed by atoms with van der Waals surface area (Å²) in [6, 6.07) is 0. The molecule has 2 atom stereocenters. The molecule has 0 aliphatic heterocycles. The average Bonchev–Trinajstić information content (AvgIpc) is 3.32. The maximum absolute atomic E-state index is 12.6.